The van der Waals surface area contributed by atoms with E-state index in [4.69, 9.17) is 0 Å². The number of nitrogens with one attached hydrogen (secondary N) is 1. The van der Waals surface area contributed by atoms with E-state index >= 15 is 0 Å². The number of hydrogen-bond acceptors (Lipinski definition) is 7. The minimum atomic E-state index is -0.946. The van der Waals surface area contributed by atoms with E-state index in [-0.39, 0.29) is 17.3 Å². The maximum Gasteiger partial charge on any atom is 0.306 e. The molecule has 1 amide bonds. The first-order valence-electron chi connectivity index (χ1n) is 7.96. The van der Waals surface area contributed by atoms with Gasteiger partial charge < -0.3 is 10.2 Å². The van der Waals surface area contributed by atoms with Crippen LogP contribution in [0.1, 0.15) is 12.8 Å². The highest BCUT2D eigenvalue weighted by molar-refractivity contribution is 7.99. The van der Waals surface area contributed by atoms with Crippen LogP contribution in [0.4, 0.5) is 21.6 Å². The number of benzene rings is 1. The first-order valence-corrected chi connectivity index (χ1v) is 8.95. The molecule has 1 aliphatic rings. The Balaban J connectivity index is 1.58. The number of thioether (sulfide) groups is 1. The molecule has 136 valence electrons. The summed E-state index contributed by atoms with van der Waals surface area (Å²) in [5.74, 6) is -0.397. The zero-order valence-electron chi connectivity index (χ0n) is 13.7. The van der Waals surface area contributed by atoms with Crippen molar-refractivity contribution >= 4 is 34.9 Å². The molecule has 26 heavy (non-hydrogen) atoms. The van der Waals surface area contributed by atoms with Gasteiger partial charge in [0.15, 0.2) is 0 Å². The molecule has 0 saturated carbocycles. The van der Waals surface area contributed by atoms with Crippen LogP contribution in [0.5, 0.6) is 0 Å². The van der Waals surface area contributed by atoms with Crippen molar-refractivity contribution < 1.29 is 14.1 Å². The summed E-state index contributed by atoms with van der Waals surface area (Å²) in [6.45, 7) is 1.93. The molecule has 0 unspecified atom stereocenters. The molecular weight excluding hydrogens is 361 g/mol. The van der Waals surface area contributed by atoms with Gasteiger partial charge in [0.1, 0.15) is 17.2 Å². The van der Waals surface area contributed by atoms with E-state index in [1.165, 1.54) is 24.2 Å². The fourth-order valence-corrected chi connectivity index (χ4v) is 3.26. The molecule has 1 aromatic heterocycles. The molecule has 10 heteroatoms. The van der Waals surface area contributed by atoms with Crippen molar-refractivity contribution in [3.05, 3.63) is 46.5 Å². The average Bonchev–Trinajstić information content (AvgIpc) is 3.16. The lowest BCUT2D eigenvalue weighted by Gasteiger charge is -2.16. The Bertz CT molecular complexity index is 829. The van der Waals surface area contributed by atoms with Crippen molar-refractivity contribution in [2.24, 2.45) is 0 Å². The van der Waals surface area contributed by atoms with Crippen LogP contribution in [-0.4, -0.2) is 39.6 Å². The van der Waals surface area contributed by atoms with E-state index in [1.54, 1.807) is 0 Å². The summed E-state index contributed by atoms with van der Waals surface area (Å²) in [6.07, 6.45) is 3.74. The zero-order valence-corrected chi connectivity index (χ0v) is 14.5. The Morgan fingerprint density at radius 1 is 1.31 bits per heavy atom. The van der Waals surface area contributed by atoms with Crippen molar-refractivity contribution in [1.82, 2.24) is 9.97 Å². The Labute approximate surface area is 153 Å². The van der Waals surface area contributed by atoms with Gasteiger partial charge in [-0.3, -0.25) is 14.9 Å². The molecule has 3 rings (SSSR count). The first-order chi connectivity index (χ1) is 12.5. The molecule has 2 heterocycles. The number of halogens is 1. The van der Waals surface area contributed by atoms with Crippen molar-refractivity contribution in [2.75, 3.05) is 29.1 Å². The number of aromatic nitrogens is 2. The second kappa shape index (κ2) is 8.09. The van der Waals surface area contributed by atoms with Crippen LogP contribution in [0.2, 0.25) is 0 Å². The molecule has 0 spiro atoms. The van der Waals surface area contributed by atoms with Gasteiger partial charge in [0, 0.05) is 30.9 Å². The van der Waals surface area contributed by atoms with Crippen LogP contribution in [0.25, 0.3) is 0 Å². The monoisotopic (exact) mass is 377 g/mol. The smallest absolute Gasteiger partial charge is 0.306 e. The van der Waals surface area contributed by atoms with E-state index in [2.05, 4.69) is 20.2 Å². The fourth-order valence-electron chi connectivity index (χ4n) is 2.59. The Morgan fingerprint density at radius 2 is 2.08 bits per heavy atom. The molecule has 1 fully saturated rings. The number of hydrogen-bond donors (Lipinski definition) is 1. The van der Waals surface area contributed by atoms with Crippen LogP contribution in [0.3, 0.4) is 0 Å². The minimum absolute atomic E-state index is 0.0711. The normalized spacial score (nSPS) is 13.7. The molecule has 0 bridgehead atoms. The van der Waals surface area contributed by atoms with Crippen LogP contribution in [-0.2, 0) is 4.79 Å². The Morgan fingerprint density at radius 3 is 2.81 bits per heavy atom. The average molecular weight is 377 g/mol. The first kappa shape index (κ1) is 18.1. The van der Waals surface area contributed by atoms with E-state index in [9.17, 15) is 19.3 Å². The van der Waals surface area contributed by atoms with Crippen molar-refractivity contribution in [2.45, 2.75) is 17.9 Å². The van der Waals surface area contributed by atoms with Crippen molar-refractivity contribution in [3.8, 4) is 0 Å². The quantitative estimate of drug-likeness (QED) is 0.357. The maximum absolute atomic E-state index is 13.3. The van der Waals surface area contributed by atoms with Crippen LogP contribution in [0, 0.1) is 15.9 Å². The zero-order chi connectivity index (χ0) is 18.5. The predicted octanol–water partition coefficient (Wildman–Crippen LogP) is 2.85. The number of amides is 1. The highest BCUT2D eigenvalue weighted by Gasteiger charge is 2.16. The summed E-state index contributed by atoms with van der Waals surface area (Å²) in [5, 5.41) is 13.9. The number of nitro benzene ring substituents is 1. The number of nitro groups is 1. The van der Waals surface area contributed by atoms with E-state index in [1.807, 2.05) is 6.07 Å². The second-order valence-corrected chi connectivity index (χ2v) is 6.66. The molecular formula is C16H16FN5O3S. The van der Waals surface area contributed by atoms with Gasteiger partial charge in [-0.25, -0.2) is 9.97 Å². The van der Waals surface area contributed by atoms with Gasteiger partial charge in [-0.05, 0) is 25.0 Å². The number of anilines is 2. The second-order valence-electron chi connectivity index (χ2n) is 5.67. The number of carbonyl (C=O) groups is 1. The predicted molar refractivity (Wildman–Crippen MR) is 95.9 cm³/mol. The number of rotatable bonds is 6. The van der Waals surface area contributed by atoms with Gasteiger partial charge in [0.25, 0.3) is 0 Å². The minimum Gasteiger partial charge on any atom is -0.356 e. The molecule has 0 atom stereocenters. The molecule has 1 saturated heterocycles. The highest BCUT2D eigenvalue weighted by Crippen LogP contribution is 2.24. The largest absolute Gasteiger partial charge is 0.356 e. The summed E-state index contributed by atoms with van der Waals surface area (Å²) in [4.78, 5) is 32.5. The summed E-state index contributed by atoms with van der Waals surface area (Å²) in [5.41, 5.74) is -0.509. The lowest BCUT2D eigenvalue weighted by molar-refractivity contribution is -0.387. The summed E-state index contributed by atoms with van der Waals surface area (Å²) < 4.78 is 13.3. The van der Waals surface area contributed by atoms with E-state index in [0.29, 0.717) is 5.03 Å². The fraction of sp³-hybridized carbons (Fsp3) is 0.312. The summed E-state index contributed by atoms with van der Waals surface area (Å²) in [7, 11) is 0. The topological polar surface area (TPSA) is 101 Å². The molecule has 8 nitrogen and oxygen atoms in total. The van der Waals surface area contributed by atoms with Crippen LogP contribution in [0.15, 0.2) is 35.6 Å². The third-order valence-corrected chi connectivity index (χ3v) is 4.76. The van der Waals surface area contributed by atoms with Gasteiger partial charge in [0.05, 0.1) is 10.7 Å². The van der Waals surface area contributed by atoms with Gasteiger partial charge in [0.2, 0.25) is 11.7 Å². The third kappa shape index (κ3) is 4.45. The number of carbonyl (C=O) groups excluding carboxylic acids is 1. The van der Waals surface area contributed by atoms with Gasteiger partial charge in [-0.15, -0.1) is 0 Å². The standard InChI is InChI=1S/C16H16FN5O3S/c17-12-4-3-11(7-13(12)22(24)25)20-15(23)9-26-16-8-14(18-10-19-16)21-5-1-2-6-21/h3-4,7-8,10H,1-2,5-6,9H2,(H,20,23). The van der Waals surface area contributed by atoms with Crippen molar-refractivity contribution in [3.63, 3.8) is 0 Å². The van der Waals surface area contributed by atoms with Gasteiger partial charge >= 0.3 is 5.69 Å². The molecule has 1 N–H and O–H groups in total. The lowest BCUT2D eigenvalue weighted by Crippen LogP contribution is -2.19. The molecule has 1 aromatic carbocycles. The molecule has 0 radical (unpaired) electrons. The van der Waals surface area contributed by atoms with Crippen molar-refractivity contribution in [1.29, 1.82) is 0 Å². The SMILES string of the molecule is O=C(CSc1cc(N2CCCC2)ncn1)Nc1ccc(F)c([N+](=O)[O-])c1. The highest BCUT2D eigenvalue weighted by atomic mass is 32.2. The molecule has 2 aromatic rings. The van der Waals surface area contributed by atoms with Crippen LogP contribution >= 0.6 is 11.8 Å². The Hall–Kier alpha value is -2.75. The third-order valence-electron chi connectivity index (χ3n) is 3.84. The maximum atomic E-state index is 13.3. The van der Waals surface area contributed by atoms with E-state index < -0.39 is 16.4 Å². The van der Waals surface area contributed by atoms with Gasteiger partial charge in [-0.2, -0.15) is 4.39 Å². The Kier molecular flexibility index (Phi) is 5.61. The van der Waals surface area contributed by atoms with E-state index in [0.717, 1.165) is 43.9 Å². The van der Waals surface area contributed by atoms with Crippen LogP contribution < -0.4 is 10.2 Å². The summed E-state index contributed by atoms with van der Waals surface area (Å²) >= 11 is 1.24. The molecule has 0 aliphatic carbocycles. The lowest BCUT2D eigenvalue weighted by atomic mass is 10.2. The molecule has 1 aliphatic heterocycles. The number of nitrogens with zero attached hydrogens (tertiary/aromatic N) is 4. The summed E-state index contributed by atoms with van der Waals surface area (Å²) in [6, 6.07) is 5.06. The van der Waals surface area contributed by atoms with Gasteiger partial charge in [-0.1, -0.05) is 11.8 Å².